The van der Waals surface area contributed by atoms with Gasteiger partial charge in [0.25, 0.3) is 11.8 Å². The first-order valence-electron chi connectivity index (χ1n) is 11.9. The highest BCUT2D eigenvalue weighted by atomic mass is 32.2. The monoisotopic (exact) mass is 492 g/mol. The summed E-state index contributed by atoms with van der Waals surface area (Å²) in [5.74, 6) is -0.0291. The van der Waals surface area contributed by atoms with Gasteiger partial charge in [-0.15, -0.1) is 0 Å². The fourth-order valence-corrected chi connectivity index (χ4v) is 5.53. The summed E-state index contributed by atoms with van der Waals surface area (Å²) in [6.45, 7) is 2.67. The minimum atomic E-state index is -1.50. The number of carbonyl (C=O) groups is 2. The number of hydrogen-bond acceptors (Lipinski definition) is 6. The molecule has 5 rings (SSSR count). The van der Waals surface area contributed by atoms with E-state index in [0.29, 0.717) is 54.4 Å². The van der Waals surface area contributed by atoms with Crippen LogP contribution in [-0.4, -0.2) is 70.0 Å². The zero-order chi connectivity index (χ0) is 24.2. The number of carbonyl (C=O) groups excluding carboxylic acids is 2. The number of pyridine rings is 1. The molecule has 1 N–H and O–H groups in total. The second kappa shape index (κ2) is 10.6. The van der Waals surface area contributed by atoms with Crippen molar-refractivity contribution < 1.29 is 18.9 Å². The minimum absolute atomic E-state index is 0.0432. The highest BCUT2D eigenvalue weighted by molar-refractivity contribution is 7.93. The largest absolute Gasteiger partial charge is 0.588 e. The van der Waals surface area contributed by atoms with Crippen molar-refractivity contribution in [1.29, 1.82) is 0 Å². The first-order chi connectivity index (χ1) is 17.1. The maximum atomic E-state index is 13.0. The molecule has 0 bridgehead atoms. The number of piperazine rings is 1. The molecule has 2 unspecified atom stereocenters. The number of amides is 2. The highest BCUT2D eigenvalue weighted by Gasteiger charge is 2.30. The van der Waals surface area contributed by atoms with Crippen LogP contribution in [0.15, 0.2) is 65.7 Å². The average Bonchev–Trinajstić information content (AvgIpc) is 2.93. The van der Waals surface area contributed by atoms with Gasteiger partial charge in [-0.2, -0.15) is 0 Å². The zero-order valence-corrected chi connectivity index (χ0v) is 20.2. The van der Waals surface area contributed by atoms with Gasteiger partial charge >= 0.3 is 0 Å². The molecule has 2 saturated heterocycles. The molecule has 182 valence electrons. The third kappa shape index (κ3) is 5.27. The Kier molecular flexibility index (Phi) is 7.17. The number of fused-ring (bicyclic) bond motifs is 1. The molecule has 0 radical (unpaired) electrons. The number of anilines is 1. The quantitative estimate of drug-likeness (QED) is 0.549. The fraction of sp³-hybridized carbons (Fsp3) is 0.346. The summed E-state index contributed by atoms with van der Waals surface area (Å²) in [7, 11) is 0. The summed E-state index contributed by atoms with van der Waals surface area (Å²) in [5.41, 5.74) is 1.90. The molecule has 0 spiro atoms. The molecule has 9 heteroatoms. The van der Waals surface area contributed by atoms with Crippen LogP contribution in [0.4, 0.5) is 5.69 Å². The van der Waals surface area contributed by atoms with E-state index in [9.17, 15) is 14.1 Å². The lowest BCUT2D eigenvalue weighted by molar-refractivity contribution is -0.147. The molecule has 3 aromatic rings. The molecule has 2 amide bonds. The van der Waals surface area contributed by atoms with Gasteiger partial charge in [-0.3, -0.25) is 14.6 Å². The lowest BCUT2D eigenvalue weighted by Gasteiger charge is -2.37. The Bertz CT molecular complexity index is 1190. The predicted octanol–water partition coefficient (Wildman–Crippen LogP) is 3.22. The molecular weight excluding hydrogens is 464 g/mol. The van der Waals surface area contributed by atoms with Crippen LogP contribution in [0.5, 0.6) is 0 Å². The predicted molar refractivity (Wildman–Crippen MR) is 134 cm³/mol. The Morgan fingerprint density at radius 1 is 0.971 bits per heavy atom. The van der Waals surface area contributed by atoms with Crippen LogP contribution in [-0.2, 0) is 20.9 Å². The number of benzene rings is 2. The number of hydrogen-bond donors (Lipinski definition) is 1. The molecular formula is C26H28N4O4S. The van der Waals surface area contributed by atoms with Gasteiger partial charge < -0.3 is 19.1 Å². The van der Waals surface area contributed by atoms with Gasteiger partial charge in [-0.05, 0) is 55.7 Å². The van der Waals surface area contributed by atoms with Crippen molar-refractivity contribution in [1.82, 2.24) is 14.8 Å². The van der Waals surface area contributed by atoms with E-state index in [1.54, 1.807) is 41.4 Å². The molecule has 2 aliphatic heterocycles. The van der Waals surface area contributed by atoms with Gasteiger partial charge in [0.2, 0.25) is 4.90 Å². The van der Waals surface area contributed by atoms with Crippen LogP contribution in [0.3, 0.4) is 0 Å². The molecule has 3 heterocycles. The van der Waals surface area contributed by atoms with Crippen molar-refractivity contribution in [3.63, 3.8) is 0 Å². The van der Waals surface area contributed by atoms with Gasteiger partial charge in [0.1, 0.15) is 23.0 Å². The Labute approximate surface area is 207 Å². The first-order valence-corrected chi connectivity index (χ1v) is 13.1. The highest BCUT2D eigenvalue weighted by Crippen LogP contribution is 2.24. The number of nitrogens with one attached hydrogen (secondary N) is 1. The van der Waals surface area contributed by atoms with Gasteiger partial charge in [0, 0.05) is 49.9 Å². The van der Waals surface area contributed by atoms with Crippen molar-refractivity contribution in [3.05, 3.63) is 66.4 Å². The van der Waals surface area contributed by atoms with Crippen molar-refractivity contribution in [2.24, 2.45) is 0 Å². The summed E-state index contributed by atoms with van der Waals surface area (Å²) in [6.07, 6.45) is 4.16. The number of para-hydroxylation sites is 1. The van der Waals surface area contributed by atoms with Gasteiger partial charge in [-0.25, -0.2) is 4.72 Å². The summed E-state index contributed by atoms with van der Waals surface area (Å²) in [4.78, 5) is 34.2. The molecule has 1 aromatic heterocycles. The Morgan fingerprint density at radius 2 is 1.71 bits per heavy atom. The lowest BCUT2D eigenvalue weighted by Crippen LogP contribution is -2.53. The topological polar surface area (TPSA) is 97.8 Å². The normalized spacial score (nSPS) is 19.4. The summed E-state index contributed by atoms with van der Waals surface area (Å²) in [5, 5.41) is 0.925. The van der Waals surface area contributed by atoms with Crippen molar-refractivity contribution in [2.75, 3.05) is 37.5 Å². The third-order valence-electron chi connectivity index (χ3n) is 6.47. The van der Waals surface area contributed by atoms with Gasteiger partial charge in [-0.1, -0.05) is 18.2 Å². The molecule has 2 aromatic carbocycles. The molecule has 2 atom stereocenters. The van der Waals surface area contributed by atoms with Crippen LogP contribution in [0, 0.1) is 0 Å². The van der Waals surface area contributed by atoms with E-state index in [1.165, 1.54) is 0 Å². The first kappa shape index (κ1) is 23.6. The van der Waals surface area contributed by atoms with Crippen LogP contribution in [0.1, 0.15) is 29.6 Å². The number of nitrogens with zero attached hydrogens (tertiary/aromatic N) is 3. The van der Waals surface area contributed by atoms with Gasteiger partial charge in [0.15, 0.2) is 0 Å². The van der Waals surface area contributed by atoms with E-state index >= 15 is 0 Å². The second-order valence-corrected chi connectivity index (χ2v) is 9.93. The van der Waals surface area contributed by atoms with E-state index in [-0.39, 0.29) is 17.9 Å². The Balaban J connectivity index is 1.17. The molecule has 8 nitrogen and oxygen atoms in total. The number of rotatable bonds is 5. The zero-order valence-electron chi connectivity index (χ0n) is 19.4. The smallest absolute Gasteiger partial charge is 0.253 e. The van der Waals surface area contributed by atoms with Crippen molar-refractivity contribution in [2.45, 2.75) is 30.3 Å². The van der Waals surface area contributed by atoms with Crippen LogP contribution in [0.25, 0.3) is 10.9 Å². The summed E-state index contributed by atoms with van der Waals surface area (Å²) in [6, 6.07) is 16.3. The number of aromatic nitrogens is 1. The Morgan fingerprint density at radius 3 is 2.46 bits per heavy atom. The van der Waals surface area contributed by atoms with Crippen molar-refractivity contribution >= 4 is 39.8 Å². The SMILES string of the molecule is O=C(c1ccc(N[S+]([O-])c2cccc3cccnc23)cc1)N1CCN(C(=O)C2CCCCO2)CC1. The molecule has 0 saturated carbocycles. The van der Waals surface area contributed by atoms with E-state index in [2.05, 4.69) is 9.71 Å². The van der Waals surface area contributed by atoms with E-state index in [4.69, 9.17) is 4.74 Å². The minimum Gasteiger partial charge on any atom is -0.588 e. The summed E-state index contributed by atoms with van der Waals surface area (Å²) < 4.78 is 21.6. The summed E-state index contributed by atoms with van der Waals surface area (Å²) >= 11 is -1.50. The third-order valence-corrected chi connectivity index (χ3v) is 7.62. The van der Waals surface area contributed by atoms with E-state index < -0.39 is 11.4 Å². The van der Waals surface area contributed by atoms with Gasteiger partial charge in [0.05, 0.1) is 5.69 Å². The average molecular weight is 493 g/mol. The van der Waals surface area contributed by atoms with Crippen LogP contribution < -0.4 is 4.72 Å². The molecule has 35 heavy (non-hydrogen) atoms. The fourth-order valence-electron chi connectivity index (χ4n) is 4.52. The van der Waals surface area contributed by atoms with Crippen molar-refractivity contribution in [3.8, 4) is 0 Å². The molecule has 0 aliphatic carbocycles. The van der Waals surface area contributed by atoms with Crippen LogP contribution in [0.2, 0.25) is 0 Å². The standard InChI is InChI=1S/C26H28N4O4S/c31-25(29-14-16-30(17-15-29)26(32)22-7-1-2-18-34-22)20-9-11-21(12-10-20)28-35(33)23-8-3-5-19-6-4-13-27-24(19)23/h3-6,8-13,22,28H,1-2,7,14-18H2. The lowest BCUT2D eigenvalue weighted by atomic mass is 10.1. The van der Waals surface area contributed by atoms with E-state index in [0.717, 1.165) is 24.6 Å². The number of ether oxygens (including phenoxy) is 1. The maximum Gasteiger partial charge on any atom is 0.253 e. The molecule has 2 fully saturated rings. The molecule has 2 aliphatic rings. The Hall–Kier alpha value is -3.14. The van der Waals surface area contributed by atoms with E-state index in [1.807, 2.05) is 29.2 Å². The van der Waals surface area contributed by atoms with Crippen LogP contribution >= 0.6 is 0 Å². The maximum absolute atomic E-state index is 13.0. The second-order valence-electron chi connectivity index (χ2n) is 8.75.